The van der Waals surface area contributed by atoms with Crippen molar-refractivity contribution in [2.45, 2.75) is 11.5 Å². The maximum absolute atomic E-state index is 12.7. The molecule has 0 fully saturated rings. The highest BCUT2D eigenvalue weighted by molar-refractivity contribution is 7.89. The molecule has 1 N–H and O–H groups in total. The number of methoxy groups -OCH3 is 2. The molecule has 0 heterocycles. The summed E-state index contributed by atoms with van der Waals surface area (Å²) in [6.45, 7) is 4.07. The Balaban J connectivity index is 3.23. The van der Waals surface area contributed by atoms with Crippen molar-refractivity contribution in [3.05, 3.63) is 36.4 Å². The Bertz CT molecular complexity index is 571. The number of rotatable bonds is 9. The van der Waals surface area contributed by atoms with E-state index < -0.39 is 10.0 Å². The van der Waals surface area contributed by atoms with Gasteiger partial charge < -0.3 is 14.6 Å². The molecule has 0 amide bonds. The summed E-state index contributed by atoms with van der Waals surface area (Å²) in [7, 11) is -0.827. The van der Waals surface area contributed by atoms with Crippen LogP contribution in [0.25, 0.3) is 0 Å². The highest BCUT2D eigenvalue weighted by Gasteiger charge is 2.26. The van der Waals surface area contributed by atoms with Crippen molar-refractivity contribution < 1.29 is 23.0 Å². The Hall–Kier alpha value is -1.41. The number of benzene rings is 1. The summed E-state index contributed by atoms with van der Waals surface area (Å²) in [6.07, 6.45) is 1.52. The summed E-state index contributed by atoms with van der Waals surface area (Å²) >= 11 is 0. The van der Waals surface area contributed by atoms with Crippen molar-refractivity contribution in [3.8, 4) is 5.75 Å². The molecule has 1 rings (SSSR count). The van der Waals surface area contributed by atoms with Crippen LogP contribution in [-0.4, -0.2) is 51.7 Å². The minimum absolute atomic E-state index is 0.0557. The van der Waals surface area contributed by atoms with Crippen LogP contribution in [0.1, 0.15) is 5.56 Å². The van der Waals surface area contributed by atoms with E-state index in [2.05, 4.69) is 6.58 Å². The Morgan fingerprint density at radius 1 is 1.38 bits per heavy atom. The molecule has 118 valence electrons. The lowest BCUT2D eigenvalue weighted by Gasteiger charge is -2.21. The fourth-order valence-electron chi connectivity index (χ4n) is 1.81. The number of nitrogens with zero attached hydrogens (tertiary/aromatic N) is 1. The van der Waals surface area contributed by atoms with Gasteiger partial charge in [-0.3, -0.25) is 0 Å². The van der Waals surface area contributed by atoms with Gasteiger partial charge in [-0.25, -0.2) is 8.42 Å². The number of sulfonamides is 1. The zero-order chi connectivity index (χ0) is 15.9. The first-order valence-electron chi connectivity index (χ1n) is 6.39. The molecular formula is C14H21NO5S. The first-order chi connectivity index (χ1) is 10.0. The Morgan fingerprint density at radius 2 is 2.10 bits per heavy atom. The summed E-state index contributed by atoms with van der Waals surface area (Å²) in [5.41, 5.74) is 0.581. The van der Waals surface area contributed by atoms with Crippen molar-refractivity contribution >= 4 is 10.0 Å². The maximum Gasteiger partial charge on any atom is 0.247 e. The van der Waals surface area contributed by atoms with Gasteiger partial charge in [0.15, 0.2) is 0 Å². The van der Waals surface area contributed by atoms with E-state index in [-0.39, 0.29) is 36.9 Å². The van der Waals surface area contributed by atoms with Gasteiger partial charge in [0.25, 0.3) is 0 Å². The highest BCUT2D eigenvalue weighted by atomic mass is 32.2. The first kappa shape index (κ1) is 17.6. The smallest absolute Gasteiger partial charge is 0.247 e. The molecule has 0 atom stereocenters. The maximum atomic E-state index is 12.7. The summed E-state index contributed by atoms with van der Waals surface area (Å²) in [6, 6.07) is 4.50. The first-order valence-corrected chi connectivity index (χ1v) is 7.83. The number of hydrogen-bond donors (Lipinski definition) is 1. The van der Waals surface area contributed by atoms with Gasteiger partial charge in [-0.2, -0.15) is 4.31 Å². The largest absolute Gasteiger partial charge is 0.495 e. The standard InChI is InChI=1S/C14H21NO5S/c1-4-7-15(8-9-19-2)21(17,18)14-6-5-12(11-16)10-13(14)20-3/h4-6,10,16H,1,7-9,11H2,2-3H3. The molecule has 1 aromatic carbocycles. The average molecular weight is 315 g/mol. The lowest BCUT2D eigenvalue weighted by Crippen LogP contribution is -2.34. The van der Waals surface area contributed by atoms with E-state index in [0.717, 1.165) is 0 Å². The lowest BCUT2D eigenvalue weighted by molar-refractivity contribution is 0.182. The quantitative estimate of drug-likeness (QED) is 0.688. The van der Waals surface area contributed by atoms with Crippen LogP contribution in [0.4, 0.5) is 0 Å². The third kappa shape index (κ3) is 4.28. The van der Waals surface area contributed by atoms with E-state index in [1.54, 1.807) is 6.07 Å². The molecule has 0 aromatic heterocycles. The van der Waals surface area contributed by atoms with Gasteiger partial charge in [0.05, 0.1) is 20.3 Å². The van der Waals surface area contributed by atoms with E-state index in [9.17, 15) is 8.42 Å². The van der Waals surface area contributed by atoms with Gasteiger partial charge in [0.2, 0.25) is 10.0 Å². The van der Waals surface area contributed by atoms with Gasteiger partial charge in [-0.05, 0) is 17.7 Å². The molecule has 0 bridgehead atoms. The molecular weight excluding hydrogens is 294 g/mol. The van der Waals surface area contributed by atoms with Crippen molar-refractivity contribution in [2.75, 3.05) is 33.9 Å². The zero-order valence-corrected chi connectivity index (χ0v) is 13.1. The number of hydrogen-bond acceptors (Lipinski definition) is 5. The van der Waals surface area contributed by atoms with Gasteiger partial charge in [0.1, 0.15) is 10.6 Å². The minimum Gasteiger partial charge on any atom is -0.495 e. The molecule has 0 aliphatic rings. The highest BCUT2D eigenvalue weighted by Crippen LogP contribution is 2.27. The minimum atomic E-state index is -3.73. The van der Waals surface area contributed by atoms with E-state index in [1.165, 1.54) is 36.7 Å². The van der Waals surface area contributed by atoms with Gasteiger partial charge in [-0.15, -0.1) is 6.58 Å². The Labute approximate surface area is 125 Å². The topological polar surface area (TPSA) is 76.1 Å². The van der Waals surface area contributed by atoms with E-state index in [0.29, 0.717) is 5.56 Å². The third-order valence-corrected chi connectivity index (χ3v) is 4.81. The summed E-state index contributed by atoms with van der Waals surface area (Å²) < 4.78 is 36.7. The van der Waals surface area contributed by atoms with E-state index in [1.807, 2.05) is 0 Å². The molecule has 0 spiro atoms. The molecule has 1 aromatic rings. The Morgan fingerprint density at radius 3 is 2.62 bits per heavy atom. The van der Waals surface area contributed by atoms with Crippen LogP contribution < -0.4 is 4.74 Å². The van der Waals surface area contributed by atoms with Crippen molar-refractivity contribution in [2.24, 2.45) is 0 Å². The van der Waals surface area contributed by atoms with Crippen molar-refractivity contribution in [3.63, 3.8) is 0 Å². The molecule has 0 aliphatic heterocycles. The molecule has 0 aliphatic carbocycles. The van der Waals surface area contributed by atoms with E-state index in [4.69, 9.17) is 14.6 Å². The number of aliphatic hydroxyl groups is 1. The lowest BCUT2D eigenvalue weighted by atomic mass is 10.2. The van der Waals surface area contributed by atoms with Crippen LogP contribution in [0.3, 0.4) is 0 Å². The molecule has 0 unspecified atom stereocenters. The fourth-order valence-corrected chi connectivity index (χ4v) is 3.34. The summed E-state index contributed by atoms with van der Waals surface area (Å²) in [5.74, 6) is 0.202. The molecule has 0 saturated carbocycles. The van der Waals surface area contributed by atoms with E-state index >= 15 is 0 Å². The second-order valence-electron chi connectivity index (χ2n) is 4.29. The van der Waals surface area contributed by atoms with Crippen molar-refractivity contribution in [1.29, 1.82) is 0 Å². The SMILES string of the molecule is C=CCN(CCOC)S(=O)(=O)c1ccc(CO)cc1OC. The van der Waals surface area contributed by atoms with Gasteiger partial charge in [0, 0.05) is 20.2 Å². The van der Waals surface area contributed by atoms with Crippen LogP contribution in [0.5, 0.6) is 5.75 Å². The summed E-state index contributed by atoms with van der Waals surface area (Å²) in [4.78, 5) is 0.0557. The average Bonchev–Trinajstić information content (AvgIpc) is 2.50. The second kappa shape index (κ2) is 8.14. The fraction of sp³-hybridized carbons (Fsp3) is 0.429. The van der Waals surface area contributed by atoms with Crippen molar-refractivity contribution in [1.82, 2.24) is 4.31 Å². The normalized spacial score (nSPS) is 11.6. The number of aliphatic hydroxyl groups excluding tert-OH is 1. The van der Waals surface area contributed by atoms with Crippen LogP contribution in [0.15, 0.2) is 35.7 Å². The van der Waals surface area contributed by atoms with Gasteiger partial charge in [-0.1, -0.05) is 12.1 Å². The summed E-state index contributed by atoms with van der Waals surface area (Å²) in [5, 5.41) is 9.12. The molecule has 7 heteroatoms. The molecule has 21 heavy (non-hydrogen) atoms. The predicted molar refractivity (Wildman–Crippen MR) is 79.7 cm³/mol. The second-order valence-corrected chi connectivity index (χ2v) is 6.19. The monoisotopic (exact) mass is 315 g/mol. The van der Waals surface area contributed by atoms with Gasteiger partial charge >= 0.3 is 0 Å². The molecule has 6 nitrogen and oxygen atoms in total. The van der Waals surface area contributed by atoms with Crippen LogP contribution in [-0.2, 0) is 21.4 Å². The third-order valence-electron chi connectivity index (χ3n) is 2.91. The Kier molecular flexibility index (Phi) is 6.83. The van der Waals surface area contributed by atoms with Crippen LogP contribution in [0.2, 0.25) is 0 Å². The molecule has 0 radical (unpaired) electrons. The van der Waals surface area contributed by atoms with Crippen LogP contribution in [0, 0.1) is 0 Å². The number of ether oxygens (including phenoxy) is 2. The molecule has 0 saturated heterocycles. The van der Waals surface area contributed by atoms with Crippen LogP contribution >= 0.6 is 0 Å². The predicted octanol–water partition coefficient (Wildman–Crippen LogP) is 1.01. The zero-order valence-electron chi connectivity index (χ0n) is 12.3.